The SMILES string of the molecule is Cc1c(Oc2ccc(CC3COS(O)(O)OC3)nc2)ncnc1OC1CCN(C(C)(C)C)CC1. The highest BCUT2D eigenvalue weighted by molar-refractivity contribution is 8.16. The molecule has 0 bridgehead atoms. The smallest absolute Gasteiger partial charge is 0.229 e. The quantitative estimate of drug-likeness (QED) is 0.598. The van der Waals surface area contributed by atoms with Crippen molar-refractivity contribution in [1.29, 1.82) is 0 Å². The predicted molar refractivity (Wildman–Crippen MR) is 128 cm³/mol. The largest absolute Gasteiger partial charge is 0.474 e. The molecule has 2 aliphatic heterocycles. The molecule has 188 valence electrons. The highest BCUT2D eigenvalue weighted by Crippen LogP contribution is 2.45. The van der Waals surface area contributed by atoms with Crippen molar-refractivity contribution in [3.63, 3.8) is 0 Å². The van der Waals surface area contributed by atoms with Crippen LogP contribution >= 0.6 is 11.2 Å². The van der Waals surface area contributed by atoms with Crippen molar-refractivity contribution in [2.24, 2.45) is 5.92 Å². The predicted octanol–water partition coefficient (Wildman–Crippen LogP) is 4.40. The van der Waals surface area contributed by atoms with Crippen LogP contribution < -0.4 is 9.47 Å². The Kier molecular flexibility index (Phi) is 7.60. The second-order valence-corrected chi connectivity index (χ2v) is 11.1. The first-order valence-electron chi connectivity index (χ1n) is 11.5. The average molecular weight is 495 g/mol. The van der Waals surface area contributed by atoms with Gasteiger partial charge in [-0.05, 0) is 59.1 Å². The normalized spacial score (nSPS) is 21.2. The molecule has 34 heavy (non-hydrogen) atoms. The van der Waals surface area contributed by atoms with Crippen LogP contribution in [0.2, 0.25) is 0 Å². The van der Waals surface area contributed by atoms with E-state index in [-0.39, 0.29) is 30.8 Å². The molecule has 2 saturated heterocycles. The molecule has 0 spiro atoms. The van der Waals surface area contributed by atoms with Gasteiger partial charge in [0.1, 0.15) is 18.2 Å². The van der Waals surface area contributed by atoms with Crippen LogP contribution in [0.5, 0.6) is 17.5 Å². The summed E-state index contributed by atoms with van der Waals surface area (Å²) >= 11 is -3.34. The summed E-state index contributed by atoms with van der Waals surface area (Å²) in [6.45, 7) is 11.0. The van der Waals surface area contributed by atoms with Gasteiger partial charge < -0.3 is 9.47 Å². The maximum Gasteiger partial charge on any atom is 0.229 e. The Morgan fingerprint density at radius 3 is 2.35 bits per heavy atom. The molecule has 4 heterocycles. The molecule has 2 aliphatic rings. The van der Waals surface area contributed by atoms with E-state index in [0.29, 0.717) is 23.9 Å². The highest BCUT2D eigenvalue weighted by atomic mass is 32.3. The van der Waals surface area contributed by atoms with E-state index in [1.165, 1.54) is 6.33 Å². The Bertz CT molecular complexity index is 951. The van der Waals surface area contributed by atoms with Crippen molar-refractivity contribution in [3.05, 3.63) is 35.9 Å². The van der Waals surface area contributed by atoms with Crippen molar-refractivity contribution >= 4 is 11.2 Å². The van der Waals surface area contributed by atoms with Gasteiger partial charge in [-0.3, -0.25) is 27.4 Å². The lowest BCUT2D eigenvalue weighted by atomic mass is 9.99. The van der Waals surface area contributed by atoms with Crippen LogP contribution in [0.1, 0.15) is 44.9 Å². The topological polar surface area (TPSA) is 119 Å². The Morgan fingerprint density at radius 2 is 1.74 bits per heavy atom. The summed E-state index contributed by atoms with van der Waals surface area (Å²) in [5.41, 5.74) is 1.75. The van der Waals surface area contributed by atoms with Gasteiger partial charge >= 0.3 is 0 Å². The molecule has 4 rings (SSSR count). The molecular formula is C23H34N4O6S. The summed E-state index contributed by atoms with van der Waals surface area (Å²) in [6.07, 6.45) is 5.72. The molecule has 2 aromatic heterocycles. The molecule has 0 atom stereocenters. The summed E-state index contributed by atoms with van der Waals surface area (Å²) in [5, 5.41) is 0. The maximum absolute atomic E-state index is 9.35. The minimum atomic E-state index is -3.34. The number of rotatable bonds is 6. The lowest BCUT2D eigenvalue weighted by Crippen LogP contribution is -2.48. The average Bonchev–Trinajstić information content (AvgIpc) is 2.79. The Balaban J connectivity index is 1.32. The zero-order valence-electron chi connectivity index (χ0n) is 20.1. The van der Waals surface area contributed by atoms with Gasteiger partial charge in [0.2, 0.25) is 22.9 Å². The van der Waals surface area contributed by atoms with Crippen LogP contribution in [0.15, 0.2) is 24.7 Å². The van der Waals surface area contributed by atoms with E-state index in [0.717, 1.165) is 37.2 Å². The zero-order valence-corrected chi connectivity index (χ0v) is 21.0. The van der Waals surface area contributed by atoms with Crippen LogP contribution in [-0.2, 0) is 14.8 Å². The van der Waals surface area contributed by atoms with Crippen LogP contribution in [0.3, 0.4) is 0 Å². The highest BCUT2D eigenvalue weighted by Gasteiger charge is 2.30. The number of ether oxygens (including phenoxy) is 2. The fraction of sp³-hybridized carbons (Fsp3) is 0.609. The summed E-state index contributed by atoms with van der Waals surface area (Å²) < 4.78 is 40.8. The Labute approximate surface area is 202 Å². The van der Waals surface area contributed by atoms with Crippen molar-refractivity contribution in [1.82, 2.24) is 19.9 Å². The first-order chi connectivity index (χ1) is 16.1. The molecule has 0 unspecified atom stereocenters. The Hall–Kier alpha value is -2.02. The molecule has 0 aromatic carbocycles. The standard InChI is InChI=1S/C23H34N4O6S/c1-16-21(32-19-7-9-27(10-8-19)23(2,3)4)25-15-26-22(16)33-20-6-5-18(24-12-20)11-17-13-30-34(28,29)31-14-17/h5-6,12,15,17,19,28-29H,7-11,13-14H2,1-4H3. The van der Waals surface area contributed by atoms with E-state index in [1.54, 1.807) is 6.20 Å². The summed E-state index contributed by atoms with van der Waals surface area (Å²) in [4.78, 5) is 15.5. The lowest BCUT2D eigenvalue weighted by Gasteiger charge is -2.40. The maximum atomic E-state index is 9.35. The lowest BCUT2D eigenvalue weighted by molar-refractivity contribution is 0.0467. The molecule has 0 saturated carbocycles. The van der Waals surface area contributed by atoms with Gasteiger partial charge in [0.15, 0.2) is 0 Å². The summed E-state index contributed by atoms with van der Waals surface area (Å²) in [6, 6.07) is 3.68. The molecule has 10 nitrogen and oxygen atoms in total. The Morgan fingerprint density at radius 1 is 1.06 bits per heavy atom. The molecule has 0 amide bonds. The molecule has 0 aliphatic carbocycles. The summed E-state index contributed by atoms with van der Waals surface area (Å²) in [5.74, 6) is 1.54. The van der Waals surface area contributed by atoms with E-state index in [4.69, 9.17) is 17.8 Å². The number of piperidine rings is 1. The molecule has 2 fully saturated rings. The van der Waals surface area contributed by atoms with Crippen molar-refractivity contribution in [3.8, 4) is 17.5 Å². The third-order valence-electron chi connectivity index (χ3n) is 6.09. The van der Waals surface area contributed by atoms with Gasteiger partial charge in [-0.2, -0.15) is 0 Å². The van der Waals surface area contributed by atoms with Gasteiger partial charge in [-0.15, -0.1) is 0 Å². The van der Waals surface area contributed by atoms with Crippen LogP contribution in [0.4, 0.5) is 0 Å². The van der Waals surface area contributed by atoms with Gasteiger partial charge in [-0.25, -0.2) is 9.97 Å². The molecule has 0 radical (unpaired) electrons. The van der Waals surface area contributed by atoms with E-state index in [2.05, 4.69) is 40.6 Å². The van der Waals surface area contributed by atoms with E-state index < -0.39 is 11.2 Å². The van der Waals surface area contributed by atoms with Gasteiger partial charge in [0.25, 0.3) is 0 Å². The van der Waals surface area contributed by atoms with E-state index >= 15 is 0 Å². The van der Waals surface area contributed by atoms with Gasteiger partial charge in [0, 0.05) is 30.2 Å². The second kappa shape index (κ2) is 10.3. The monoisotopic (exact) mass is 494 g/mol. The molecular weight excluding hydrogens is 460 g/mol. The van der Waals surface area contributed by atoms with E-state index in [9.17, 15) is 9.11 Å². The van der Waals surface area contributed by atoms with E-state index in [1.807, 2.05) is 19.1 Å². The number of likely N-dealkylation sites (tertiary alicyclic amines) is 1. The fourth-order valence-electron chi connectivity index (χ4n) is 4.01. The van der Waals surface area contributed by atoms with Crippen molar-refractivity contribution < 1.29 is 26.9 Å². The minimum Gasteiger partial charge on any atom is -0.474 e. The van der Waals surface area contributed by atoms with Gasteiger partial charge in [0.05, 0.1) is 25.0 Å². The second-order valence-electron chi connectivity index (χ2n) is 9.76. The molecule has 11 heteroatoms. The number of hydrogen-bond donors (Lipinski definition) is 2. The van der Waals surface area contributed by atoms with Crippen LogP contribution in [-0.4, -0.2) is 66.9 Å². The first kappa shape index (κ1) is 25.1. The van der Waals surface area contributed by atoms with Crippen LogP contribution in [0, 0.1) is 12.8 Å². The zero-order chi connectivity index (χ0) is 24.3. The van der Waals surface area contributed by atoms with Crippen molar-refractivity contribution in [2.45, 2.75) is 58.6 Å². The molecule has 2 aromatic rings. The third kappa shape index (κ3) is 6.55. The fourth-order valence-corrected chi connectivity index (χ4v) is 4.82. The number of hydrogen-bond acceptors (Lipinski definition) is 10. The van der Waals surface area contributed by atoms with Crippen molar-refractivity contribution in [2.75, 3.05) is 26.3 Å². The summed E-state index contributed by atoms with van der Waals surface area (Å²) in [7, 11) is 0. The third-order valence-corrected chi connectivity index (χ3v) is 6.97. The number of pyridine rings is 1. The number of aromatic nitrogens is 3. The van der Waals surface area contributed by atoms with Crippen LogP contribution in [0.25, 0.3) is 0 Å². The molecule has 2 N–H and O–H groups in total. The first-order valence-corrected chi connectivity index (χ1v) is 12.9. The van der Waals surface area contributed by atoms with Gasteiger partial charge in [-0.1, -0.05) is 0 Å². The minimum absolute atomic E-state index is 0.00160. The number of nitrogens with zero attached hydrogens (tertiary/aromatic N) is 4.